The third-order valence-corrected chi connectivity index (χ3v) is 3.33. The molecule has 0 heterocycles. The maximum absolute atomic E-state index is 11.8. The highest BCUT2D eigenvalue weighted by molar-refractivity contribution is 5.80. The summed E-state index contributed by atoms with van der Waals surface area (Å²) in [6.07, 6.45) is 0.546. The number of rotatable bonds is 11. The molecule has 0 unspecified atom stereocenters. The molecule has 0 saturated carbocycles. The van der Waals surface area contributed by atoms with Gasteiger partial charge in [0, 0.05) is 20.1 Å². The normalized spacial score (nSPS) is 10.1. The molecular formula is C17H25NO7. The minimum absolute atomic E-state index is 0.129. The lowest BCUT2D eigenvalue weighted by molar-refractivity contribution is -0.148. The molecule has 1 rings (SSSR count). The number of carbonyl (C=O) groups excluding carboxylic acids is 2. The lowest BCUT2D eigenvalue weighted by Crippen LogP contribution is -2.31. The Morgan fingerprint density at radius 2 is 1.64 bits per heavy atom. The Labute approximate surface area is 147 Å². The zero-order valence-electron chi connectivity index (χ0n) is 15.0. The van der Waals surface area contributed by atoms with E-state index < -0.39 is 5.97 Å². The Bertz CT molecular complexity index is 549. The van der Waals surface area contributed by atoms with E-state index >= 15 is 0 Å². The fraction of sp³-hybridized carbons (Fsp3) is 0.529. The first-order valence-electron chi connectivity index (χ1n) is 7.75. The number of aryl methyl sites for hydroxylation is 1. The number of carbonyl (C=O) groups is 2. The molecule has 0 aliphatic heterocycles. The van der Waals surface area contributed by atoms with Gasteiger partial charge in [0.15, 0.2) is 18.1 Å². The van der Waals surface area contributed by atoms with Crippen LogP contribution in [0.5, 0.6) is 17.2 Å². The average Bonchev–Trinajstić information content (AvgIpc) is 2.63. The molecular weight excluding hydrogens is 330 g/mol. The first-order valence-corrected chi connectivity index (χ1v) is 7.75. The molecule has 25 heavy (non-hydrogen) atoms. The maximum Gasteiger partial charge on any atom is 0.306 e. The van der Waals surface area contributed by atoms with Gasteiger partial charge in [0.25, 0.3) is 5.91 Å². The summed E-state index contributed by atoms with van der Waals surface area (Å²) in [6.45, 7) is 0.469. The van der Waals surface area contributed by atoms with Gasteiger partial charge >= 0.3 is 5.97 Å². The molecule has 0 saturated heterocycles. The van der Waals surface area contributed by atoms with Crippen molar-refractivity contribution in [2.45, 2.75) is 12.8 Å². The van der Waals surface area contributed by atoms with Crippen molar-refractivity contribution in [1.29, 1.82) is 0 Å². The summed E-state index contributed by atoms with van der Waals surface area (Å²) < 4.78 is 25.5. The van der Waals surface area contributed by atoms with Gasteiger partial charge < -0.3 is 29.0 Å². The van der Waals surface area contributed by atoms with Crippen LogP contribution in [-0.4, -0.2) is 60.1 Å². The molecule has 0 atom stereocenters. The Kier molecular flexibility index (Phi) is 9.16. The fourth-order valence-corrected chi connectivity index (χ4v) is 2.09. The third-order valence-electron chi connectivity index (χ3n) is 3.33. The first-order chi connectivity index (χ1) is 12.0. The molecule has 0 aliphatic carbocycles. The van der Waals surface area contributed by atoms with E-state index in [1.807, 2.05) is 0 Å². The zero-order valence-corrected chi connectivity index (χ0v) is 15.0. The van der Waals surface area contributed by atoms with Crippen LogP contribution in [0.3, 0.4) is 0 Å². The van der Waals surface area contributed by atoms with E-state index in [2.05, 4.69) is 5.32 Å². The van der Waals surface area contributed by atoms with Crippen LogP contribution in [0.1, 0.15) is 12.0 Å². The highest BCUT2D eigenvalue weighted by Crippen LogP contribution is 2.38. The molecule has 1 N–H and O–H groups in total. The van der Waals surface area contributed by atoms with E-state index in [1.54, 1.807) is 12.1 Å². The molecule has 0 aliphatic rings. The van der Waals surface area contributed by atoms with Crippen molar-refractivity contribution >= 4 is 11.9 Å². The van der Waals surface area contributed by atoms with Crippen LogP contribution < -0.4 is 19.5 Å². The Morgan fingerprint density at radius 3 is 2.16 bits per heavy atom. The topological polar surface area (TPSA) is 92.3 Å². The lowest BCUT2D eigenvalue weighted by atomic mass is 10.1. The van der Waals surface area contributed by atoms with Crippen LogP contribution in [0.25, 0.3) is 0 Å². The molecule has 0 fully saturated rings. The second-order valence-corrected chi connectivity index (χ2v) is 5.04. The van der Waals surface area contributed by atoms with E-state index in [0.29, 0.717) is 36.8 Å². The molecule has 0 radical (unpaired) electrons. The Balaban J connectivity index is 2.51. The summed E-state index contributed by atoms with van der Waals surface area (Å²) in [5.41, 5.74) is 0.830. The smallest absolute Gasteiger partial charge is 0.306 e. The molecule has 0 bridgehead atoms. The molecule has 1 amide bonds. The summed E-state index contributed by atoms with van der Waals surface area (Å²) in [6, 6.07) is 3.54. The van der Waals surface area contributed by atoms with Crippen LogP contribution in [0, 0.1) is 0 Å². The van der Waals surface area contributed by atoms with Crippen molar-refractivity contribution in [1.82, 2.24) is 5.32 Å². The minimum atomic E-state index is -0.462. The standard InChI is InChI=1S/C17H25NO7/c1-21-8-7-18-15(19)11-25-16(20)6-5-12-9-13(22-2)17(24-4)14(10-12)23-3/h9-10H,5-8,11H2,1-4H3,(H,18,19). The van der Waals surface area contributed by atoms with E-state index in [1.165, 1.54) is 28.4 Å². The lowest BCUT2D eigenvalue weighted by Gasteiger charge is -2.14. The van der Waals surface area contributed by atoms with Crippen molar-refractivity contribution in [2.75, 3.05) is 48.2 Å². The van der Waals surface area contributed by atoms with Gasteiger partial charge in [0.2, 0.25) is 5.75 Å². The predicted molar refractivity (Wildman–Crippen MR) is 90.3 cm³/mol. The highest BCUT2D eigenvalue weighted by Gasteiger charge is 2.14. The minimum Gasteiger partial charge on any atom is -0.493 e. The first kappa shape index (κ1) is 20.6. The van der Waals surface area contributed by atoms with Crippen molar-refractivity contribution < 1.29 is 33.3 Å². The van der Waals surface area contributed by atoms with Gasteiger partial charge in [0.05, 0.1) is 27.9 Å². The van der Waals surface area contributed by atoms with E-state index in [0.717, 1.165) is 5.56 Å². The molecule has 0 aromatic heterocycles. The maximum atomic E-state index is 11.8. The second-order valence-electron chi connectivity index (χ2n) is 5.04. The van der Waals surface area contributed by atoms with Gasteiger partial charge in [-0.2, -0.15) is 0 Å². The monoisotopic (exact) mass is 355 g/mol. The summed E-state index contributed by atoms with van der Waals surface area (Å²) >= 11 is 0. The number of ether oxygens (including phenoxy) is 5. The van der Waals surface area contributed by atoms with Gasteiger partial charge in [0.1, 0.15) is 0 Å². The van der Waals surface area contributed by atoms with Crippen molar-refractivity contribution in [3.63, 3.8) is 0 Å². The van der Waals surface area contributed by atoms with Gasteiger partial charge in [-0.05, 0) is 24.1 Å². The average molecular weight is 355 g/mol. The van der Waals surface area contributed by atoms with Gasteiger partial charge in [-0.1, -0.05) is 0 Å². The number of esters is 1. The summed E-state index contributed by atoms with van der Waals surface area (Å²) in [4.78, 5) is 23.2. The fourth-order valence-electron chi connectivity index (χ4n) is 2.09. The van der Waals surface area contributed by atoms with Gasteiger partial charge in [-0.25, -0.2) is 0 Å². The van der Waals surface area contributed by atoms with Crippen molar-refractivity contribution in [3.05, 3.63) is 17.7 Å². The van der Waals surface area contributed by atoms with E-state index in [4.69, 9.17) is 23.7 Å². The quantitative estimate of drug-likeness (QED) is 0.467. The third kappa shape index (κ3) is 6.88. The van der Waals surface area contributed by atoms with Gasteiger partial charge in [-0.3, -0.25) is 9.59 Å². The van der Waals surface area contributed by atoms with Crippen LogP contribution in [0.2, 0.25) is 0 Å². The SMILES string of the molecule is COCCNC(=O)COC(=O)CCc1cc(OC)c(OC)c(OC)c1. The molecule has 0 spiro atoms. The predicted octanol–water partition coefficient (Wildman–Crippen LogP) is 0.951. The Morgan fingerprint density at radius 1 is 1.00 bits per heavy atom. The number of hydrogen-bond acceptors (Lipinski definition) is 7. The molecule has 8 nitrogen and oxygen atoms in total. The van der Waals surface area contributed by atoms with Crippen LogP contribution in [-0.2, 0) is 25.5 Å². The largest absolute Gasteiger partial charge is 0.493 e. The van der Waals surface area contributed by atoms with Gasteiger partial charge in [-0.15, -0.1) is 0 Å². The van der Waals surface area contributed by atoms with Crippen molar-refractivity contribution in [2.24, 2.45) is 0 Å². The van der Waals surface area contributed by atoms with E-state index in [9.17, 15) is 9.59 Å². The number of nitrogens with one attached hydrogen (secondary N) is 1. The highest BCUT2D eigenvalue weighted by atomic mass is 16.5. The number of benzene rings is 1. The summed E-state index contributed by atoms with van der Waals surface area (Å²) in [5, 5.41) is 2.57. The van der Waals surface area contributed by atoms with Crippen LogP contribution in [0.4, 0.5) is 0 Å². The summed E-state index contributed by atoms with van der Waals surface area (Å²) in [5.74, 6) is 0.698. The number of methoxy groups -OCH3 is 4. The molecule has 140 valence electrons. The molecule has 1 aromatic rings. The molecule has 8 heteroatoms. The van der Waals surface area contributed by atoms with Crippen LogP contribution >= 0.6 is 0 Å². The number of hydrogen-bond donors (Lipinski definition) is 1. The second kappa shape index (κ2) is 11.1. The van der Waals surface area contributed by atoms with Crippen molar-refractivity contribution in [3.8, 4) is 17.2 Å². The Hall–Kier alpha value is -2.48. The number of amides is 1. The van der Waals surface area contributed by atoms with Crippen LogP contribution in [0.15, 0.2) is 12.1 Å². The molecule has 1 aromatic carbocycles. The zero-order chi connectivity index (χ0) is 18.7. The summed E-state index contributed by atoms with van der Waals surface area (Å²) in [7, 11) is 6.11. The van der Waals surface area contributed by atoms with E-state index in [-0.39, 0.29) is 18.9 Å².